The van der Waals surface area contributed by atoms with Crippen molar-refractivity contribution in [3.63, 3.8) is 0 Å². The SMILES string of the molecule is CN1C2CCC1CC(N1CCN(C3CCCC3)CC1)C2. The Morgan fingerprint density at radius 2 is 1.10 bits per heavy atom. The molecule has 3 saturated heterocycles. The van der Waals surface area contributed by atoms with Crippen molar-refractivity contribution in [1.82, 2.24) is 14.7 Å². The van der Waals surface area contributed by atoms with E-state index in [9.17, 15) is 0 Å². The van der Waals surface area contributed by atoms with Gasteiger partial charge in [0.2, 0.25) is 0 Å². The summed E-state index contributed by atoms with van der Waals surface area (Å²) in [5, 5.41) is 0. The Morgan fingerprint density at radius 3 is 1.65 bits per heavy atom. The quantitative estimate of drug-likeness (QED) is 0.766. The van der Waals surface area contributed by atoms with E-state index in [0.717, 1.165) is 24.2 Å². The maximum atomic E-state index is 2.84. The third-order valence-corrected chi connectivity index (χ3v) is 6.78. The highest BCUT2D eigenvalue weighted by Crippen LogP contribution is 2.36. The molecule has 3 aliphatic heterocycles. The van der Waals surface area contributed by atoms with E-state index in [1.165, 1.54) is 77.5 Å². The highest BCUT2D eigenvalue weighted by atomic mass is 15.3. The van der Waals surface area contributed by atoms with Crippen molar-refractivity contribution in [3.05, 3.63) is 0 Å². The first-order chi connectivity index (χ1) is 9.81. The van der Waals surface area contributed by atoms with Crippen molar-refractivity contribution >= 4 is 0 Å². The molecular weight excluding hydrogens is 246 g/mol. The molecule has 20 heavy (non-hydrogen) atoms. The van der Waals surface area contributed by atoms with Crippen LogP contribution in [0, 0.1) is 0 Å². The molecule has 4 aliphatic rings. The van der Waals surface area contributed by atoms with Gasteiger partial charge in [-0.1, -0.05) is 12.8 Å². The molecule has 0 N–H and O–H groups in total. The van der Waals surface area contributed by atoms with Crippen LogP contribution in [0.2, 0.25) is 0 Å². The second-order valence-electron chi connectivity index (χ2n) is 7.69. The number of fused-ring (bicyclic) bond motifs is 2. The molecular formula is C17H31N3. The lowest BCUT2D eigenvalue weighted by molar-refractivity contribution is 0.0283. The first-order valence-electron chi connectivity index (χ1n) is 9.01. The van der Waals surface area contributed by atoms with Crippen LogP contribution in [0.25, 0.3) is 0 Å². The Morgan fingerprint density at radius 1 is 0.600 bits per heavy atom. The molecule has 0 spiro atoms. The minimum absolute atomic E-state index is 0.895. The third kappa shape index (κ3) is 2.42. The summed E-state index contributed by atoms with van der Waals surface area (Å²) in [6.45, 7) is 5.35. The number of nitrogens with zero attached hydrogens (tertiary/aromatic N) is 3. The lowest BCUT2D eigenvalue weighted by atomic mass is 9.96. The molecule has 0 aromatic heterocycles. The van der Waals surface area contributed by atoms with Crippen molar-refractivity contribution in [1.29, 1.82) is 0 Å². The largest absolute Gasteiger partial charge is 0.300 e. The molecule has 1 saturated carbocycles. The van der Waals surface area contributed by atoms with Crippen LogP contribution in [0.5, 0.6) is 0 Å². The van der Waals surface area contributed by atoms with Crippen molar-refractivity contribution in [2.45, 2.75) is 75.5 Å². The van der Waals surface area contributed by atoms with Crippen LogP contribution in [-0.4, -0.2) is 72.1 Å². The number of piperidine rings is 1. The smallest absolute Gasteiger partial charge is 0.0126 e. The van der Waals surface area contributed by atoms with Gasteiger partial charge in [-0.25, -0.2) is 0 Å². The maximum Gasteiger partial charge on any atom is 0.0126 e. The zero-order chi connectivity index (χ0) is 13.5. The second-order valence-corrected chi connectivity index (χ2v) is 7.69. The minimum Gasteiger partial charge on any atom is -0.300 e. The maximum absolute atomic E-state index is 2.84. The summed E-state index contributed by atoms with van der Waals surface area (Å²) in [7, 11) is 2.36. The molecule has 4 fully saturated rings. The summed E-state index contributed by atoms with van der Waals surface area (Å²) in [4.78, 5) is 8.31. The highest BCUT2D eigenvalue weighted by molar-refractivity contribution is 4.97. The van der Waals surface area contributed by atoms with Gasteiger partial charge in [-0.15, -0.1) is 0 Å². The van der Waals surface area contributed by atoms with E-state index in [2.05, 4.69) is 21.7 Å². The van der Waals surface area contributed by atoms with Gasteiger partial charge >= 0.3 is 0 Å². The van der Waals surface area contributed by atoms with E-state index in [1.54, 1.807) is 0 Å². The van der Waals surface area contributed by atoms with Gasteiger partial charge in [-0.2, -0.15) is 0 Å². The van der Waals surface area contributed by atoms with Crippen molar-refractivity contribution < 1.29 is 0 Å². The van der Waals surface area contributed by atoms with E-state index in [4.69, 9.17) is 0 Å². The monoisotopic (exact) mass is 277 g/mol. The van der Waals surface area contributed by atoms with Crippen LogP contribution in [0.3, 0.4) is 0 Å². The highest BCUT2D eigenvalue weighted by Gasteiger charge is 2.41. The summed E-state index contributed by atoms with van der Waals surface area (Å²) >= 11 is 0. The van der Waals surface area contributed by atoms with Crippen LogP contribution in [0.15, 0.2) is 0 Å². The number of hydrogen-bond donors (Lipinski definition) is 0. The fourth-order valence-corrected chi connectivity index (χ4v) is 5.42. The normalized spacial score (nSPS) is 41.5. The first-order valence-corrected chi connectivity index (χ1v) is 9.01. The topological polar surface area (TPSA) is 9.72 Å². The molecule has 0 radical (unpaired) electrons. The van der Waals surface area contributed by atoms with Gasteiger partial charge in [0.05, 0.1) is 0 Å². The Balaban J connectivity index is 1.31. The molecule has 4 rings (SSSR count). The third-order valence-electron chi connectivity index (χ3n) is 6.78. The number of hydrogen-bond acceptors (Lipinski definition) is 3. The van der Waals surface area contributed by atoms with Crippen LogP contribution in [-0.2, 0) is 0 Å². The molecule has 0 aromatic carbocycles. The Labute approximate surface area is 124 Å². The zero-order valence-electron chi connectivity index (χ0n) is 13.1. The molecule has 114 valence electrons. The average Bonchev–Trinajstić information content (AvgIpc) is 3.06. The first kappa shape index (κ1) is 13.5. The Hall–Kier alpha value is -0.120. The Bertz CT molecular complexity index is 317. The predicted molar refractivity (Wildman–Crippen MR) is 83.0 cm³/mol. The van der Waals surface area contributed by atoms with Gasteiger partial charge in [0.15, 0.2) is 0 Å². The molecule has 3 heteroatoms. The lowest BCUT2D eigenvalue weighted by Gasteiger charge is -2.46. The van der Waals surface area contributed by atoms with E-state index in [0.29, 0.717) is 0 Å². The molecule has 2 atom stereocenters. The molecule has 3 heterocycles. The van der Waals surface area contributed by atoms with Gasteiger partial charge in [-0.3, -0.25) is 9.80 Å². The van der Waals surface area contributed by atoms with Crippen molar-refractivity contribution in [2.24, 2.45) is 0 Å². The molecule has 0 aromatic rings. The van der Waals surface area contributed by atoms with Gasteiger partial charge in [-0.05, 0) is 45.6 Å². The van der Waals surface area contributed by atoms with Gasteiger partial charge in [0.25, 0.3) is 0 Å². The van der Waals surface area contributed by atoms with Crippen molar-refractivity contribution in [3.8, 4) is 0 Å². The van der Waals surface area contributed by atoms with E-state index in [1.807, 2.05) is 0 Å². The standard InChI is InChI=1S/C17H31N3/c1-18-15-6-7-16(18)13-17(12-15)20-10-8-19(9-11-20)14-4-2-3-5-14/h14-17H,2-13H2,1H3. The fourth-order valence-electron chi connectivity index (χ4n) is 5.42. The van der Waals surface area contributed by atoms with Crippen LogP contribution >= 0.6 is 0 Å². The molecule has 2 unspecified atom stereocenters. The second kappa shape index (κ2) is 5.58. The summed E-state index contributed by atoms with van der Waals surface area (Å²) in [6, 6.07) is 3.62. The molecule has 0 amide bonds. The van der Waals surface area contributed by atoms with Crippen LogP contribution < -0.4 is 0 Å². The predicted octanol–water partition coefficient (Wildman–Crippen LogP) is 2.17. The zero-order valence-corrected chi connectivity index (χ0v) is 13.1. The van der Waals surface area contributed by atoms with E-state index < -0.39 is 0 Å². The average molecular weight is 277 g/mol. The molecule has 2 bridgehead atoms. The van der Waals surface area contributed by atoms with Gasteiger partial charge < -0.3 is 4.90 Å². The number of piperazine rings is 1. The summed E-state index contributed by atoms with van der Waals surface area (Å²) in [5.41, 5.74) is 0. The summed E-state index contributed by atoms with van der Waals surface area (Å²) in [6.07, 6.45) is 11.7. The van der Waals surface area contributed by atoms with Crippen LogP contribution in [0.4, 0.5) is 0 Å². The number of rotatable bonds is 2. The lowest BCUT2D eigenvalue weighted by Crippen LogP contribution is -2.56. The molecule has 3 nitrogen and oxygen atoms in total. The fraction of sp³-hybridized carbons (Fsp3) is 1.00. The van der Waals surface area contributed by atoms with Crippen LogP contribution in [0.1, 0.15) is 51.4 Å². The van der Waals surface area contributed by atoms with Crippen molar-refractivity contribution in [2.75, 3.05) is 33.2 Å². The van der Waals surface area contributed by atoms with Gasteiger partial charge in [0.1, 0.15) is 0 Å². The summed E-state index contributed by atoms with van der Waals surface area (Å²) < 4.78 is 0. The minimum atomic E-state index is 0.895. The van der Waals surface area contributed by atoms with E-state index in [-0.39, 0.29) is 0 Å². The van der Waals surface area contributed by atoms with Gasteiger partial charge in [0, 0.05) is 50.3 Å². The molecule has 1 aliphatic carbocycles. The summed E-state index contributed by atoms with van der Waals surface area (Å²) in [5.74, 6) is 0. The Kier molecular flexibility index (Phi) is 3.78. The van der Waals surface area contributed by atoms with E-state index >= 15 is 0 Å².